The van der Waals surface area contributed by atoms with E-state index in [4.69, 9.17) is 31.4 Å². The number of hydrogen-bond donors (Lipinski definition) is 0. The Morgan fingerprint density at radius 3 is 1.50 bits per heavy atom. The zero-order chi connectivity index (χ0) is 21.3. The fourth-order valence-electron chi connectivity index (χ4n) is 2.27. The topological polar surface area (TPSA) is 0 Å². The van der Waals surface area contributed by atoms with Gasteiger partial charge in [0, 0.05) is 0 Å². The van der Waals surface area contributed by atoms with Crippen LogP contribution in [0.5, 0.6) is 0 Å². The summed E-state index contributed by atoms with van der Waals surface area (Å²) in [6, 6.07) is 0. The maximum absolute atomic E-state index is 6.07. The molecule has 0 fully saturated rings. The quantitative estimate of drug-likeness (QED) is 0.252. The van der Waals surface area contributed by atoms with Gasteiger partial charge in [-0.1, -0.05) is 104 Å². The first-order chi connectivity index (χ1) is 13.2. The van der Waals surface area contributed by atoms with E-state index in [1.807, 2.05) is 12.2 Å². The third kappa shape index (κ3) is 18.1. The Labute approximate surface area is 180 Å². The zero-order valence-corrected chi connectivity index (χ0v) is 18.1. The number of allylic oxidation sites excluding steroid dienone is 12. The molecule has 0 saturated carbocycles. The Morgan fingerprint density at radius 2 is 1.04 bits per heavy atom. The highest BCUT2D eigenvalue weighted by Crippen LogP contribution is 2.27. The van der Waals surface area contributed by atoms with Crippen LogP contribution in [0.1, 0.15) is 59.3 Å². The maximum atomic E-state index is 6.07. The molecule has 142 valence electrons. The van der Waals surface area contributed by atoms with E-state index in [1.54, 1.807) is 24.3 Å². The van der Waals surface area contributed by atoms with Gasteiger partial charge in [-0.2, -0.15) is 0 Å². The predicted molar refractivity (Wildman–Crippen MR) is 131 cm³/mol. The van der Waals surface area contributed by atoms with Gasteiger partial charge in [-0.25, -0.2) is 0 Å². The summed E-state index contributed by atoms with van der Waals surface area (Å²) in [5.74, 6) is 0.657. The van der Waals surface area contributed by atoms with Crippen LogP contribution in [0.4, 0.5) is 0 Å². The fraction of sp³-hybridized carbons (Fsp3) is 0.500. The van der Waals surface area contributed by atoms with Gasteiger partial charge < -0.3 is 0 Å². The summed E-state index contributed by atoms with van der Waals surface area (Å²) in [6.07, 6.45) is 29.6. The van der Waals surface area contributed by atoms with Crippen LogP contribution >= 0.6 is 0 Å². The lowest BCUT2D eigenvalue weighted by Gasteiger charge is -2.21. The van der Waals surface area contributed by atoms with Crippen LogP contribution in [0.15, 0.2) is 72.9 Å². The molecule has 0 rings (SSSR count). The van der Waals surface area contributed by atoms with Crippen molar-refractivity contribution in [3.8, 4) is 0 Å². The standard InChI is InChI=1S/C24H34B4/c1-4-5-6-7-8-9-10-11-12-13-15-18-23(25,26)20-21-24(27,28)19-16-14-17-22(2)3/h5-6,8-9,11-12,15-16,18-22H,4,7,10,13-14,17H2,1-3H3/b6-5-,9-8-,12-11-,18-15-,19-16-,21-20-. The molecule has 0 nitrogen and oxygen atoms in total. The molecular weight excluding hydrogens is 332 g/mol. The van der Waals surface area contributed by atoms with Crippen LogP contribution in [-0.2, 0) is 0 Å². The summed E-state index contributed by atoms with van der Waals surface area (Å²) in [7, 11) is 24.2. The van der Waals surface area contributed by atoms with Gasteiger partial charge in [0.15, 0.2) is 0 Å². The molecule has 28 heavy (non-hydrogen) atoms. The van der Waals surface area contributed by atoms with Crippen molar-refractivity contribution >= 4 is 31.4 Å². The summed E-state index contributed by atoms with van der Waals surface area (Å²) < 4.78 is 0. The average molecular weight is 366 g/mol. The van der Waals surface area contributed by atoms with Crippen molar-refractivity contribution in [2.24, 2.45) is 5.92 Å². The van der Waals surface area contributed by atoms with Crippen LogP contribution in [0.3, 0.4) is 0 Å². The first kappa shape index (κ1) is 26.7. The highest BCUT2D eigenvalue weighted by Gasteiger charge is 2.12. The molecule has 0 unspecified atom stereocenters. The molecule has 0 amide bonds. The molecule has 0 aromatic rings. The van der Waals surface area contributed by atoms with Gasteiger partial charge in [0.1, 0.15) is 0 Å². The summed E-state index contributed by atoms with van der Waals surface area (Å²) >= 11 is 0. The molecule has 4 heteroatoms. The molecule has 0 saturated heterocycles. The van der Waals surface area contributed by atoms with Crippen LogP contribution in [-0.4, -0.2) is 31.4 Å². The third-order valence-corrected chi connectivity index (χ3v) is 3.94. The first-order valence-electron chi connectivity index (χ1n) is 10.3. The Kier molecular flexibility index (Phi) is 14.9. The Bertz CT molecular complexity index is 561. The molecular formula is C24H34B4. The van der Waals surface area contributed by atoms with E-state index in [1.165, 1.54) is 0 Å². The van der Waals surface area contributed by atoms with Crippen molar-refractivity contribution in [3.05, 3.63) is 72.9 Å². The van der Waals surface area contributed by atoms with Crippen LogP contribution in [0, 0.1) is 5.92 Å². The van der Waals surface area contributed by atoms with Crippen LogP contribution in [0.2, 0.25) is 10.4 Å². The number of rotatable bonds is 14. The van der Waals surface area contributed by atoms with E-state index in [0.29, 0.717) is 5.92 Å². The maximum Gasteiger partial charge on any atom is 0.0728 e. The van der Waals surface area contributed by atoms with Gasteiger partial charge in [0.25, 0.3) is 0 Å². The van der Waals surface area contributed by atoms with Crippen molar-refractivity contribution < 1.29 is 0 Å². The summed E-state index contributed by atoms with van der Waals surface area (Å²) in [5, 5.41) is -2.12. The highest BCUT2D eigenvalue weighted by atomic mass is 14.0. The summed E-state index contributed by atoms with van der Waals surface area (Å²) in [4.78, 5) is 0. The molecule has 8 radical (unpaired) electrons. The third-order valence-electron chi connectivity index (χ3n) is 3.94. The largest absolute Gasteiger partial charge is 0.0964 e. The molecule has 0 N–H and O–H groups in total. The average Bonchev–Trinajstić information content (AvgIpc) is 2.62. The van der Waals surface area contributed by atoms with Crippen molar-refractivity contribution in [1.29, 1.82) is 0 Å². The second-order valence-corrected chi connectivity index (χ2v) is 7.64. The SMILES string of the molecule is [B]C([B])(/C=C\C/C=C\C/C=C\C/C=C\CC)/C=C\C([B])([B])/C=C\CCC(C)C. The predicted octanol–water partition coefficient (Wildman–Crippen LogP) is 6.25. The second-order valence-electron chi connectivity index (χ2n) is 7.64. The molecule has 0 aromatic carbocycles. The highest BCUT2D eigenvalue weighted by molar-refractivity contribution is 6.44. The minimum Gasteiger partial charge on any atom is -0.0964 e. The smallest absolute Gasteiger partial charge is 0.0728 e. The van der Waals surface area contributed by atoms with Crippen molar-refractivity contribution in [2.75, 3.05) is 0 Å². The van der Waals surface area contributed by atoms with E-state index >= 15 is 0 Å². The molecule has 0 aromatic heterocycles. The molecule has 0 spiro atoms. The number of hydrogen-bond acceptors (Lipinski definition) is 0. The monoisotopic (exact) mass is 366 g/mol. The summed E-state index contributed by atoms with van der Waals surface area (Å²) in [6.45, 7) is 6.51. The molecule has 0 heterocycles. The van der Waals surface area contributed by atoms with Crippen LogP contribution in [0.25, 0.3) is 0 Å². The zero-order valence-electron chi connectivity index (χ0n) is 18.1. The molecule has 0 aliphatic rings. The first-order valence-corrected chi connectivity index (χ1v) is 10.3. The minimum absolute atomic E-state index is 0.657. The van der Waals surface area contributed by atoms with E-state index < -0.39 is 10.4 Å². The van der Waals surface area contributed by atoms with E-state index in [-0.39, 0.29) is 0 Å². The van der Waals surface area contributed by atoms with E-state index in [0.717, 1.165) is 38.5 Å². The van der Waals surface area contributed by atoms with Gasteiger partial charge >= 0.3 is 0 Å². The minimum atomic E-state index is -1.07. The van der Waals surface area contributed by atoms with Crippen molar-refractivity contribution in [3.63, 3.8) is 0 Å². The van der Waals surface area contributed by atoms with E-state index in [2.05, 4.69) is 57.2 Å². The lowest BCUT2D eigenvalue weighted by atomic mass is 9.50. The Hall–Kier alpha value is -1.30. The van der Waals surface area contributed by atoms with Gasteiger partial charge in [0.2, 0.25) is 0 Å². The summed E-state index contributed by atoms with van der Waals surface area (Å²) in [5.41, 5.74) is 0. The molecule has 0 aliphatic heterocycles. The lowest BCUT2D eigenvalue weighted by molar-refractivity contribution is 0.594. The van der Waals surface area contributed by atoms with Gasteiger partial charge in [-0.05, 0) is 44.4 Å². The van der Waals surface area contributed by atoms with Gasteiger partial charge in [0.05, 0.1) is 31.4 Å². The van der Waals surface area contributed by atoms with Gasteiger partial charge in [-0.3, -0.25) is 0 Å². The van der Waals surface area contributed by atoms with Crippen molar-refractivity contribution in [2.45, 2.75) is 69.7 Å². The molecule has 0 atom stereocenters. The molecule has 0 bridgehead atoms. The van der Waals surface area contributed by atoms with E-state index in [9.17, 15) is 0 Å². The normalized spacial score (nSPS) is 14.4. The second kappa shape index (κ2) is 15.6. The Morgan fingerprint density at radius 1 is 0.607 bits per heavy atom. The molecule has 0 aliphatic carbocycles. The van der Waals surface area contributed by atoms with Crippen molar-refractivity contribution in [1.82, 2.24) is 0 Å². The van der Waals surface area contributed by atoms with Crippen LogP contribution < -0.4 is 0 Å². The Balaban J connectivity index is 4.30. The fourth-order valence-corrected chi connectivity index (χ4v) is 2.27. The van der Waals surface area contributed by atoms with Gasteiger partial charge in [-0.15, -0.1) is 0 Å². The lowest BCUT2D eigenvalue weighted by Crippen LogP contribution is -2.10.